The van der Waals surface area contributed by atoms with Crippen LogP contribution < -0.4 is 5.73 Å². The summed E-state index contributed by atoms with van der Waals surface area (Å²) in [7, 11) is 0. The second kappa shape index (κ2) is 7.63. The molecule has 3 fully saturated rings. The van der Waals surface area contributed by atoms with Gasteiger partial charge in [0.15, 0.2) is 0 Å². The average molecular weight is 370 g/mol. The number of carbonyl (C=O) groups is 2. The van der Waals surface area contributed by atoms with Crippen molar-refractivity contribution in [2.75, 3.05) is 19.6 Å². The maximum Gasteiger partial charge on any atom is 0.228 e. The van der Waals surface area contributed by atoms with Gasteiger partial charge in [-0.05, 0) is 37.2 Å². The van der Waals surface area contributed by atoms with E-state index in [0.717, 1.165) is 18.8 Å². The summed E-state index contributed by atoms with van der Waals surface area (Å²) in [6, 6.07) is 10.5. The normalized spacial score (nSPS) is 34.3. The van der Waals surface area contributed by atoms with Crippen molar-refractivity contribution in [3.8, 4) is 0 Å². The van der Waals surface area contributed by atoms with Gasteiger partial charge >= 0.3 is 0 Å². The number of hydrogen-bond acceptors (Lipinski definition) is 3. The van der Waals surface area contributed by atoms with Crippen LogP contribution in [0.4, 0.5) is 0 Å². The first-order valence-electron chi connectivity index (χ1n) is 10.4. The molecule has 2 aliphatic heterocycles. The molecule has 27 heavy (non-hydrogen) atoms. The lowest BCUT2D eigenvalue weighted by Gasteiger charge is -2.33. The van der Waals surface area contributed by atoms with E-state index in [2.05, 4.69) is 19.1 Å². The number of hydrogen-bond donors (Lipinski definition) is 1. The van der Waals surface area contributed by atoms with Crippen molar-refractivity contribution in [3.63, 3.8) is 0 Å². The molecule has 2 heterocycles. The van der Waals surface area contributed by atoms with Gasteiger partial charge in [0.1, 0.15) is 0 Å². The molecule has 1 unspecified atom stereocenters. The maximum absolute atomic E-state index is 13.1. The largest absolute Gasteiger partial charge is 0.340 e. The Bertz CT molecular complexity index is 684. The van der Waals surface area contributed by atoms with Crippen LogP contribution in [0.25, 0.3) is 0 Å². The molecule has 2 amide bonds. The highest BCUT2D eigenvalue weighted by atomic mass is 16.2. The first-order chi connectivity index (χ1) is 13.0. The van der Waals surface area contributed by atoms with Crippen LogP contribution in [0.15, 0.2) is 30.3 Å². The van der Waals surface area contributed by atoms with Gasteiger partial charge in [0.25, 0.3) is 0 Å². The second-order valence-corrected chi connectivity index (χ2v) is 8.79. The molecular formula is C22H31N3O2. The number of rotatable bonds is 3. The Kier molecular flexibility index (Phi) is 5.22. The van der Waals surface area contributed by atoms with Gasteiger partial charge < -0.3 is 15.5 Å². The third-order valence-corrected chi connectivity index (χ3v) is 6.84. The first kappa shape index (κ1) is 18.5. The number of benzene rings is 1. The Morgan fingerprint density at radius 1 is 1.04 bits per heavy atom. The number of nitrogens with two attached hydrogens (primary N) is 1. The molecule has 1 aromatic carbocycles. The van der Waals surface area contributed by atoms with Crippen LogP contribution >= 0.6 is 0 Å². The Balaban J connectivity index is 1.38. The van der Waals surface area contributed by atoms with Crippen LogP contribution in [0.2, 0.25) is 0 Å². The highest BCUT2D eigenvalue weighted by Gasteiger charge is 2.42. The van der Waals surface area contributed by atoms with Gasteiger partial charge in [0.2, 0.25) is 11.8 Å². The third kappa shape index (κ3) is 3.75. The molecule has 146 valence electrons. The molecule has 2 N–H and O–H groups in total. The van der Waals surface area contributed by atoms with E-state index in [9.17, 15) is 9.59 Å². The summed E-state index contributed by atoms with van der Waals surface area (Å²) in [4.78, 5) is 29.5. The highest BCUT2D eigenvalue weighted by molar-refractivity contribution is 5.89. The predicted molar refractivity (Wildman–Crippen MR) is 105 cm³/mol. The second-order valence-electron chi connectivity index (χ2n) is 8.79. The summed E-state index contributed by atoms with van der Waals surface area (Å²) in [5.41, 5.74) is 7.55. The fourth-order valence-corrected chi connectivity index (χ4v) is 5.12. The summed E-state index contributed by atoms with van der Waals surface area (Å²) >= 11 is 0. The molecule has 2 saturated heterocycles. The van der Waals surface area contributed by atoms with Crippen LogP contribution in [-0.2, 0) is 9.59 Å². The molecule has 3 atom stereocenters. The summed E-state index contributed by atoms with van der Waals surface area (Å²) in [5, 5.41) is 0. The van der Waals surface area contributed by atoms with Gasteiger partial charge in [-0.25, -0.2) is 0 Å². The maximum atomic E-state index is 13.1. The molecule has 0 spiro atoms. The zero-order valence-corrected chi connectivity index (χ0v) is 16.2. The molecular weight excluding hydrogens is 338 g/mol. The Morgan fingerprint density at radius 2 is 1.74 bits per heavy atom. The SMILES string of the molecule is CC1CCC(N2CC(C(=O)N3C[C@@H](N)[C@H](c4ccccc4)C3)CC2=O)CC1. The number of nitrogens with zero attached hydrogens (tertiary/aromatic N) is 2. The standard InChI is InChI=1S/C22H31N3O2/c1-15-7-9-18(10-8-15)25-12-17(11-21(25)26)22(27)24-13-19(20(23)14-24)16-5-3-2-4-6-16/h2-6,15,17-20H,7-14,23H2,1H3/t15?,17?,18?,19-,20+/m0/s1. The van der Waals surface area contributed by atoms with Gasteiger partial charge in [-0.2, -0.15) is 0 Å². The quantitative estimate of drug-likeness (QED) is 0.889. The Labute approximate surface area is 161 Å². The van der Waals surface area contributed by atoms with E-state index in [4.69, 9.17) is 5.73 Å². The summed E-state index contributed by atoms with van der Waals surface area (Å²) in [6.07, 6.45) is 4.91. The van der Waals surface area contributed by atoms with Crippen LogP contribution in [0.5, 0.6) is 0 Å². The van der Waals surface area contributed by atoms with Gasteiger partial charge in [-0.3, -0.25) is 9.59 Å². The minimum Gasteiger partial charge on any atom is -0.340 e. The number of carbonyl (C=O) groups excluding carboxylic acids is 2. The van der Waals surface area contributed by atoms with E-state index in [0.29, 0.717) is 32.1 Å². The molecule has 0 radical (unpaired) electrons. The molecule has 0 bridgehead atoms. The van der Waals surface area contributed by atoms with Crippen molar-refractivity contribution in [2.45, 2.75) is 57.0 Å². The lowest BCUT2D eigenvalue weighted by molar-refractivity contribution is -0.135. The lowest BCUT2D eigenvalue weighted by atomic mass is 9.86. The average Bonchev–Trinajstić information content (AvgIpc) is 3.26. The molecule has 0 aromatic heterocycles. The van der Waals surface area contributed by atoms with Crippen molar-refractivity contribution in [2.24, 2.45) is 17.6 Å². The molecule has 1 aromatic rings. The first-order valence-corrected chi connectivity index (χ1v) is 10.4. The molecule has 5 nitrogen and oxygen atoms in total. The monoisotopic (exact) mass is 369 g/mol. The van der Waals surface area contributed by atoms with E-state index in [1.807, 2.05) is 28.0 Å². The topological polar surface area (TPSA) is 66.6 Å². The zero-order valence-electron chi connectivity index (χ0n) is 16.2. The van der Waals surface area contributed by atoms with E-state index >= 15 is 0 Å². The minimum atomic E-state index is -0.196. The number of likely N-dealkylation sites (tertiary alicyclic amines) is 2. The van der Waals surface area contributed by atoms with Crippen molar-refractivity contribution >= 4 is 11.8 Å². The molecule has 1 saturated carbocycles. The van der Waals surface area contributed by atoms with Gasteiger partial charge in [0, 0.05) is 44.1 Å². The van der Waals surface area contributed by atoms with E-state index < -0.39 is 0 Å². The predicted octanol–water partition coefficient (Wildman–Crippen LogP) is 2.37. The fraction of sp³-hybridized carbons (Fsp3) is 0.636. The van der Waals surface area contributed by atoms with Crippen LogP contribution in [0.1, 0.15) is 50.5 Å². The van der Waals surface area contributed by atoms with E-state index in [-0.39, 0.29) is 29.7 Å². The summed E-state index contributed by atoms with van der Waals surface area (Å²) in [6.45, 7) is 4.13. The van der Waals surface area contributed by atoms with Crippen LogP contribution in [0.3, 0.4) is 0 Å². The van der Waals surface area contributed by atoms with Crippen molar-refractivity contribution in [1.29, 1.82) is 0 Å². The fourth-order valence-electron chi connectivity index (χ4n) is 5.12. The molecule has 5 heteroatoms. The zero-order chi connectivity index (χ0) is 19.0. The van der Waals surface area contributed by atoms with E-state index in [1.54, 1.807) is 0 Å². The van der Waals surface area contributed by atoms with E-state index in [1.165, 1.54) is 18.4 Å². The molecule has 4 rings (SSSR count). The van der Waals surface area contributed by atoms with Crippen molar-refractivity contribution in [1.82, 2.24) is 9.80 Å². The molecule has 1 aliphatic carbocycles. The van der Waals surface area contributed by atoms with Gasteiger partial charge in [-0.1, -0.05) is 37.3 Å². The summed E-state index contributed by atoms with van der Waals surface area (Å²) in [5.74, 6) is 1.03. The van der Waals surface area contributed by atoms with Crippen molar-refractivity contribution in [3.05, 3.63) is 35.9 Å². The summed E-state index contributed by atoms with van der Waals surface area (Å²) < 4.78 is 0. The van der Waals surface area contributed by atoms with Crippen LogP contribution in [-0.4, -0.2) is 53.3 Å². The van der Waals surface area contributed by atoms with Gasteiger partial charge in [-0.15, -0.1) is 0 Å². The van der Waals surface area contributed by atoms with Gasteiger partial charge in [0.05, 0.1) is 5.92 Å². The van der Waals surface area contributed by atoms with Crippen LogP contribution in [0, 0.1) is 11.8 Å². The Hall–Kier alpha value is -1.88. The number of amides is 2. The van der Waals surface area contributed by atoms with Crippen molar-refractivity contribution < 1.29 is 9.59 Å². The molecule has 3 aliphatic rings. The highest BCUT2D eigenvalue weighted by Crippen LogP contribution is 2.33. The third-order valence-electron chi connectivity index (χ3n) is 6.84. The Morgan fingerprint density at radius 3 is 2.44 bits per heavy atom. The minimum absolute atomic E-state index is 0.0376. The smallest absolute Gasteiger partial charge is 0.228 e. The lowest BCUT2D eigenvalue weighted by Crippen LogP contribution is -2.41.